The molecule has 2 aromatic rings. The minimum Gasteiger partial charge on any atom is -0.398 e. The van der Waals surface area contributed by atoms with Gasteiger partial charge in [-0.25, -0.2) is 4.90 Å². The Kier molecular flexibility index (Phi) is 3.31. The maximum absolute atomic E-state index is 12.4. The van der Waals surface area contributed by atoms with Crippen LogP contribution in [0.5, 0.6) is 0 Å². The third-order valence-corrected chi connectivity index (χ3v) is 3.38. The van der Waals surface area contributed by atoms with Crippen LogP contribution < -0.4 is 10.6 Å². The summed E-state index contributed by atoms with van der Waals surface area (Å²) >= 11 is 0. The predicted molar refractivity (Wildman–Crippen MR) is 82.4 cm³/mol. The van der Waals surface area contributed by atoms with Crippen molar-refractivity contribution in [2.75, 3.05) is 10.6 Å². The monoisotopic (exact) mass is 292 g/mol. The number of hydrogen-bond acceptors (Lipinski definition) is 4. The molecule has 0 atom stereocenters. The number of benzene rings is 2. The van der Waals surface area contributed by atoms with Crippen molar-refractivity contribution in [3.8, 4) is 0 Å². The molecule has 1 aliphatic rings. The lowest BCUT2D eigenvalue weighted by molar-refractivity contribution is -0.119. The molecule has 2 amide bonds. The number of imide groups is 1. The Morgan fingerprint density at radius 3 is 2.14 bits per heavy atom. The summed E-state index contributed by atoms with van der Waals surface area (Å²) in [5.41, 5.74) is 7.36. The van der Waals surface area contributed by atoms with Crippen LogP contribution in [0, 0.1) is 0 Å². The van der Waals surface area contributed by atoms with Crippen molar-refractivity contribution in [1.29, 1.82) is 0 Å². The van der Waals surface area contributed by atoms with Gasteiger partial charge >= 0.3 is 0 Å². The van der Waals surface area contributed by atoms with Crippen LogP contribution in [0.4, 0.5) is 11.4 Å². The SMILES string of the molecule is Nc1cc(N2C(=O)C=CC2=O)ccc1C(=O)c1ccccc1. The van der Waals surface area contributed by atoms with Gasteiger partial charge in [-0.1, -0.05) is 30.3 Å². The van der Waals surface area contributed by atoms with Gasteiger partial charge in [0.15, 0.2) is 5.78 Å². The average molecular weight is 292 g/mol. The second-order valence-electron chi connectivity index (χ2n) is 4.81. The topological polar surface area (TPSA) is 80.5 Å². The van der Waals surface area contributed by atoms with Crippen molar-refractivity contribution in [2.24, 2.45) is 0 Å². The molecule has 0 saturated carbocycles. The molecular formula is C17H12N2O3. The summed E-state index contributed by atoms with van der Waals surface area (Å²) in [7, 11) is 0. The van der Waals surface area contributed by atoms with E-state index in [1.54, 1.807) is 24.3 Å². The van der Waals surface area contributed by atoms with Gasteiger partial charge in [0.1, 0.15) is 0 Å². The van der Waals surface area contributed by atoms with E-state index in [-0.39, 0.29) is 11.5 Å². The Balaban J connectivity index is 1.95. The first-order valence-corrected chi connectivity index (χ1v) is 6.63. The number of ketones is 1. The largest absolute Gasteiger partial charge is 0.398 e. The highest BCUT2D eigenvalue weighted by Gasteiger charge is 2.26. The molecule has 1 aliphatic heterocycles. The first-order chi connectivity index (χ1) is 10.6. The van der Waals surface area contributed by atoms with Gasteiger partial charge in [0.05, 0.1) is 5.69 Å². The van der Waals surface area contributed by atoms with E-state index in [0.717, 1.165) is 4.90 Å². The molecule has 0 aliphatic carbocycles. The van der Waals surface area contributed by atoms with E-state index in [4.69, 9.17) is 5.73 Å². The molecule has 5 heteroatoms. The molecule has 0 spiro atoms. The Bertz CT molecular complexity index is 792. The van der Waals surface area contributed by atoms with Crippen LogP contribution in [0.15, 0.2) is 60.7 Å². The third kappa shape index (κ3) is 2.29. The van der Waals surface area contributed by atoms with Crippen LogP contribution in [-0.4, -0.2) is 17.6 Å². The van der Waals surface area contributed by atoms with E-state index in [1.807, 2.05) is 6.07 Å². The summed E-state index contributed by atoms with van der Waals surface area (Å²) < 4.78 is 0. The van der Waals surface area contributed by atoms with Crippen molar-refractivity contribution >= 4 is 29.0 Å². The van der Waals surface area contributed by atoms with E-state index in [2.05, 4.69) is 0 Å². The van der Waals surface area contributed by atoms with Gasteiger partial charge in [-0.2, -0.15) is 0 Å². The fourth-order valence-corrected chi connectivity index (χ4v) is 2.30. The van der Waals surface area contributed by atoms with Crippen LogP contribution in [0.3, 0.4) is 0 Å². The third-order valence-electron chi connectivity index (χ3n) is 3.38. The molecule has 0 aromatic heterocycles. The molecule has 0 unspecified atom stereocenters. The Labute approximate surface area is 126 Å². The van der Waals surface area contributed by atoms with E-state index >= 15 is 0 Å². The number of amides is 2. The zero-order valence-electron chi connectivity index (χ0n) is 11.5. The first-order valence-electron chi connectivity index (χ1n) is 6.63. The predicted octanol–water partition coefficient (Wildman–Crippen LogP) is 1.93. The van der Waals surface area contributed by atoms with Gasteiger partial charge in [-0.05, 0) is 18.2 Å². The van der Waals surface area contributed by atoms with Crippen molar-refractivity contribution in [3.05, 3.63) is 71.8 Å². The second-order valence-corrected chi connectivity index (χ2v) is 4.81. The normalized spacial score (nSPS) is 13.7. The smallest absolute Gasteiger partial charge is 0.258 e. The van der Waals surface area contributed by atoms with Gasteiger partial charge in [-0.15, -0.1) is 0 Å². The first kappa shape index (κ1) is 13.8. The van der Waals surface area contributed by atoms with Gasteiger partial charge in [0, 0.05) is 29.0 Å². The van der Waals surface area contributed by atoms with Gasteiger partial charge in [0.25, 0.3) is 11.8 Å². The number of nitrogens with two attached hydrogens (primary N) is 1. The summed E-state index contributed by atoms with van der Waals surface area (Å²) in [5.74, 6) is -1.06. The summed E-state index contributed by atoms with van der Waals surface area (Å²) in [4.78, 5) is 36.7. The fourth-order valence-electron chi connectivity index (χ4n) is 2.30. The summed E-state index contributed by atoms with van der Waals surface area (Å²) in [6.45, 7) is 0. The van der Waals surface area contributed by atoms with Crippen molar-refractivity contribution < 1.29 is 14.4 Å². The molecule has 2 aromatic carbocycles. The summed E-state index contributed by atoms with van der Waals surface area (Å²) in [6.07, 6.45) is 2.39. The molecule has 1 heterocycles. The molecule has 3 rings (SSSR count). The minimum absolute atomic E-state index is 0.207. The number of nitrogen functional groups attached to an aromatic ring is 1. The van der Waals surface area contributed by atoms with Crippen molar-refractivity contribution in [1.82, 2.24) is 0 Å². The van der Waals surface area contributed by atoms with Crippen LogP contribution in [0.2, 0.25) is 0 Å². The standard InChI is InChI=1S/C17H12N2O3/c18-14-10-12(19-15(20)8-9-16(19)21)6-7-13(14)17(22)11-4-2-1-3-5-11/h1-10H,18H2. The van der Waals surface area contributed by atoms with Crippen LogP contribution in [-0.2, 0) is 9.59 Å². The van der Waals surface area contributed by atoms with E-state index in [1.165, 1.54) is 30.4 Å². The van der Waals surface area contributed by atoms with Crippen LogP contribution in [0.25, 0.3) is 0 Å². The summed E-state index contributed by atoms with van der Waals surface area (Å²) in [5, 5.41) is 0. The maximum atomic E-state index is 12.4. The highest BCUT2D eigenvalue weighted by atomic mass is 16.2. The van der Waals surface area contributed by atoms with Crippen LogP contribution >= 0.6 is 0 Å². The highest BCUT2D eigenvalue weighted by molar-refractivity contribution is 6.28. The summed E-state index contributed by atoms with van der Waals surface area (Å²) in [6, 6.07) is 13.3. The molecule has 0 saturated heterocycles. The number of carbonyl (C=O) groups is 3. The van der Waals surface area contributed by atoms with Gasteiger partial charge < -0.3 is 5.73 Å². The zero-order chi connectivity index (χ0) is 15.7. The minimum atomic E-state index is -0.425. The average Bonchev–Trinajstić information content (AvgIpc) is 2.86. The second kappa shape index (κ2) is 5.29. The van der Waals surface area contributed by atoms with Crippen molar-refractivity contribution in [3.63, 3.8) is 0 Å². The Morgan fingerprint density at radius 1 is 0.909 bits per heavy atom. The van der Waals surface area contributed by atoms with Crippen molar-refractivity contribution in [2.45, 2.75) is 0 Å². The Hall–Kier alpha value is -3.21. The Morgan fingerprint density at radius 2 is 1.55 bits per heavy atom. The molecule has 22 heavy (non-hydrogen) atoms. The number of carbonyl (C=O) groups excluding carboxylic acids is 3. The molecule has 0 radical (unpaired) electrons. The van der Waals surface area contributed by atoms with E-state index in [9.17, 15) is 14.4 Å². The number of hydrogen-bond donors (Lipinski definition) is 1. The highest BCUT2D eigenvalue weighted by Crippen LogP contribution is 2.25. The molecule has 0 bridgehead atoms. The van der Waals surface area contributed by atoms with E-state index < -0.39 is 11.8 Å². The van der Waals surface area contributed by atoms with E-state index in [0.29, 0.717) is 16.8 Å². The fraction of sp³-hybridized carbons (Fsp3) is 0. The number of nitrogens with zero attached hydrogens (tertiary/aromatic N) is 1. The molecule has 5 nitrogen and oxygen atoms in total. The molecule has 2 N–H and O–H groups in total. The number of anilines is 2. The maximum Gasteiger partial charge on any atom is 0.258 e. The quantitative estimate of drug-likeness (QED) is 0.532. The lowest BCUT2D eigenvalue weighted by Crippen LogP contribution is -2.29. The lowest BCUT2D eigenvalue weighted by atomic mass is 10.0. The molecular weight excluding hydrogens is 280 g/mol. The molecule has 108 valence electrons. The zero-order valence-corrected chi connectivity index (χ0v) is 11.5. The number of rotatable bonds is 3. The lowest BCUT2D eigenvalue weighted by Gasteiger charge is -2.15. The van der Waals surface area contributed by atoms with Crippen LogP contribution in [0.1, 0.15) is 15.9 Å². The van der Waals surface area contributed by atoms with Gasteiger partial charge in [-0.3, -0.25) is 14.4 Å². The van der Waals surface area contributed by atoms with Gasteiger partial charge in [0.2, 0.25) is 0 Å². The molecule has 0 fully saturated rings.